The van der Waals surface area contributed by atoms with Crippen LogP contribution in [0.3, 0.4) is 0 Å². The van der Waals surface area contributed by atoms with Crippen LogP contribution in [-0.4, -0.2) is 32.2 Å². The Labute approximate surface area is 133 Å². The Morgan fingerprint density at radius 2 is 1.86 bits per heavy atom. The molecule has 122 valence electrons. The predicted molar refractivity (Wildman–Crippen MR) is 88.8 cm³/mol. The highest BCUT2D eigenvalue weighted by atomic mass is 16.5. The molecule has 0 aromatic heterocycles. The molecule has 0 radical (unpaired) electrons. The van der Waals surface area contributed by atoms with E-state index in [-0.39, 0.29) is 11.3 Å². The van der Waals surface area contributed by atoms with Gasteiger partial charge >= 0.3 is 0 Å². The Bertz CT molecular complexity index is 502. The number of ether oxygens (including phenoxy) is 1. The number of hydrogen-bond donors (Lipinski definition) is 2. The van der Waals surface area contributed by atoms with Crippen LogP contribution in [0, 0.1) is 12.3 Å². The largest absolute Gasteiger partial charge is 0.381 e. The monoisotopic (exact) mass is 304 g/mol. The zero-order valence-corrected chi connectivity index (χ0v) is 13.9. The normalized spacial score (nSPS) is 18.0. The Morgan fingerprint density at radius 3 is 2.41 bits per heavy atom. The molecule has 4 nitrogen and oxygen atoms in total. The highest BCUT2D eigenvalue weighted by Crippen LogP contribution is 2.30. The number of nitrogens with two attached hydrogens (primary N) is 1. The van der Waals surface area contributed by atoms with Crippen molar-refractivity contribution in [2.24, 2.45) is 11.1 Å². The number of hydrogen-bond acceptors (Lipinski definition) is 3. The van der Waals surface area contributed by atoms with Crippen molar-refractivity contribution < 1.29 is 9.53 Å². The maximum atomic E-state index is 12.6. The van der Waals surface area contributed by atoms with Crippen LogP contribution in [0.2, 0.25) is 0 Å². The van der Waals surface area contributed by atoms with Crippen molar-refractivity contribution in [1.82, 2.24) is 5.32 Å². The molecule has 22 heavy (non-hydrogen) atoms. The Kier molecular flexibility index (Phi) is 5.24. The van der Waals surface area contributed by atoms with E-state index in [2.05, 4.69) is 50.4 Å². The van der Waals surface area contributed by atoms with Crippen molar-refractivity contribution in [1.29, 1.82) is 0 Å². The fraction of sp³-hybridized carbons (Fsp3) is 0.611. The quantitative estimate of drug-likeness (QED) is 0.876. The van der Waals surface area contributed by atoms with Gasteiger partial charge in [-0.3, -0.25) is 4.79 Å². The molecule has 1 heterocycles. The fourth-order valence-electron chi connectivity index (χ4n) is 2.88. The lowest BCUT2D eigenvalue weighted by molar-refractivity contribution is -0.136. The van der Waals surface area contributed by atoms with Gasteiger partial charge in [0.2, 0.25) is 5.91 Å². The molecule has 1 aliphatic rings. The van der Waals surface area contributed by atoms with Gasteiger partial charge in [0.1, 0.15) is 0 Å². The van der Waals surface area contributed by atoms with Gasteiger partial charge in [-0.1, -0.05) is 43.7 Å². The first kappa shape index (κ1) is 17.0. The van der Waals surface area contributed by atoms with Crippen LogP contribution in [0.5, 0.6) is 0 Å². The van der Waals surface area contributed by atoms with Crippen molar-refractivity contribution >= 4 is 5.91 Å². The van der Waals surface area contributed by atoms with Gasteiger partial charge in [0, 0.05) is 31.7 Å². The molecule has 0 bridgehead atoms. The summed E-state index contributed by atoms with van der Waals surface area (Å²) in [5.41, 5.74) is 7.80. The van der Waals surface area contributed by atoms with Crippen molar-refractivity contribution in [3.63, 3.8) is 0 Å². The molecular formula is C18H28N2O2. The summed E-state index contributed by atoms with van der Waals surface area (Å²) >= 11 is 0. The van der Waals surface area contributed by atoms with Gasteiger partial charge in [-0.15, -0.1) is 0 Å². The van der Waals surface area contributed by atoms with Crippen LogP contribution in [0.15, 0.2) is 24.3 Å². The van der Waals surface area contributed by atoms with Crippen molar-refractivity contribution in [3.05, 3.63) is 35.4 Å². The lowest BCUT2D eigenvalue weighted by Gasteiger charge is -2.36. The van der Waals surface area contributed by atoms with E-state index < -0.39 is 5.41 Å². The van der Waals surface area contributed by atoms with E-state index in [0.717, 1.165) is 0 Å². The Morgan fingerprint density at radius 1 is 1.27 bits per heavy atom. The third-order valence-electron chi connectivity index (χ3n) is 4.85. The summed E-state index contributed by atoms with van der Waals surface area (Å²) in [6.07, 6.45) is 1.42. The van der Waals surface area contributed by atoms with Gasteiger partial charge in [0.25, 0.3) is 0 Å². The Hall–Kier alpha value is -1.39. The summed E-state index contributed by atoms with van der Waals surface area (Å²) in [5.74, 6) is 0.0680. The first-order valence-electron chi connectivity index (χ1n) is 8.03. The molecule has 1 saturated heterocycles. The van der Waals surface area contributed by atoms with Crippen molar-refractivity contribution in [3.8, 4) is 0 Å². The summed E-state index contributed by atoms with van der Waals surface area (Å²) < 4.78 is 5.37. The molecular weight excluding hydrogens is 276 g/mol. The van der Waals surface area contributed by atoms with Gasteiger partial charge in [0.15, 0.2) is 0 Å². The molecule has 1 aliphatic heterocycles. The topological polar surface area (TPSA) is 64.4 Å². The molecule has 0 atom stereocenters. The molecule has 0 aliphatic carbocycles. The zero-order chi connectivity index (χ0) is 16.2. The van der Waals surface area contributed by atoms with Crippen LogP contribution >= 0.6 is 0 Å². The zero-order valence-electron chi connectivity index (χ0n) is 13.9. The smallest absolute Gasteiger partial charge is 0.227 e. The fourth-order valence-corrected chi connectivity index (χ4v) is 2.88. The van der Waals surface area contributed by atoms with E-state index in [9.17, 15) is 4.79 Å². The summed E-state index contributed by atoms with van der Waals surface area (Å²) in [6, 6.07) is 8.49. The number of rotatable bonds is 5. The third kappa shape index (κ3) is 3.68. The van der Waals surface area contributed by atoms with Crippen molar-refractivity contribution in [2.75, 3.05) is 26.3 Å². The van der Waals surface area contributed by atoms with Crippen LogP contribution in [0.1, 0.15) is 37.8 Å². The minimum absolute atomic E-state index is 0.0680. The number of amides is 1. The number of aryl methyl sites for hydroxylation is 1. The van der Waals surface area contributed by atoms with Crippen molar-refractivity contribution in [2.45, 2.75) is 39.0 Å². The number of nitrogens with one attached hydrogen (secondary N) is 1. The van der Waals surface area contributed by atoms with E-state index in [1.807, 2.05) is 0 Å². The average Bonchev–Trinajstić information content (AvgIpc) is 2.53. The van der Waals surface area contributed by atoms with Crippen LogP contribution in [0.25, 0.3) is 0 Å². The predicted octanol–water partition coefficient (Wildman–Crippen LogP) is 2.14. The number of carbonyl (C=O) groups is 1. The van der Waals surface area contributed by atoms with E-state index >= 15 is 0 Å². The molecule has 1 aromatic carbocycles. The second kappa shape index (κ2) is 6.80. The molecule has 1 fully saturated rings. The highest BCUT2D eigenvalue weighted by Gasteiger charge is 2.39. The van der Waals surface area contributed by atoms with Gasteiger partial charge in [0.05, 0.1) is 5.41 Å². The van der Waals surface area contributed by atoms with Crippen LogP contribution < -0.4 is 11.1 Å². The summed E-state index contributed by atoms with van der Waals surface area (Å²) in [5, 5.41) is 3.12. The minimum Gasteiger partial charge on any atom is -0.381 e. The minimum atomic E-state index is -0.457. The summed E-state index contributed by atoms with van der Waals surface area (Å²) in [7, 11) is 0. The SMILES string of the molecule is Cc1ccc(C(C)(C)CNC(=O)C2(CN)CCOCC2)cc1. The van der Waals surface area contributed by atoms with Crippen LogP contribution in [0.4, 0.5) is 0 Å². The second-order valence-electron chi connectivity index (χ2n) is 7.03. The van der Waals surface area contributed by atoms with Gasteiger partial charge < -0.3 is 15.8 Å². The van der Waals surface area contributed by atoms with E-state index in [1.54, 1.807) is 0 Å². The maximum absolute atomic E-state index is 12.6. The van der Waals surface area contributed by atoms with E-state index in [4.69, 9.17) is 10.5 Å². The summed E-state index contributed by atoms with van der Waals surface area (Å²) in [4.78, 5) is 12.6. The van der Waals surface area contributed by atoms with E-state index in [1.165, 1.54) is 11.1 Å². The second-order valence-corrected chi connectivity index (χ2v) is 7.03. The molecule has 1 amide bonds. The van der Waals surface area contributed by atoms with Gasteiger partial charge in [-0.25, -0.2) is 0 Å². The first-order valence-corrected chi connectivity index (χ1v) is 8.03. The molecule has 0 unspecified atom stereocenters. The number of carbonyl (C=O) groups excluding carboxylic acids is 1. The lowest BCUT2D eigenvalue weighted by Crippen LogP contribution is -2.51. The first-order chi connectivity index (χ1) is 10.4. The van der Waals surface area contributed by atoms with Gasteiger partial charge in [-0.2, -0.15) is 0 Å². The molecule has 1 aromatic rings. The summed E-state index contributed by atoms with van der Waals surface area (Å²) in [6.45, 7) is 8.60. The lowest BCUT2D eigenvalue weighted by atomic mass is 9.78. The van der Waals surface area contributed by atoms with Crippen LogP contribution in [-0.2, 0) is 14.9 Å². The highest BCUT2D eigenvalue weighted by molar-refractivity contribution is 5.83. The third-order valence-corrected chi connectivity index (χ3v) is 4.85. The molecule has 4 heteroatoms. The average molecular weight is 304 g/mol. The molecule has 0 spiro atoms. The molecule has 3 N–H and O–H groups in total. The maximum Gasteiger partial charge on any atom is 0.227 e. The standard InChI is InChI=1S/C18H28N2O2/c1-14-4-6-15(7-5-14)17(2,3)13-20-16(21)18(12-19)8-10-22-11-9-18/h4-7H,8-13,19H2,1-3H3,(H,20,21). The molecule has 2 rings (SSSR count). The molecule has 0 saturated carbocycles. The Balaban J connectivity index is 2.01. The van der Waals surface area contributed by atoms with Gasteiger partial charge in [-0.05, 0) is 25.3 Å². The number of benzene rings is 1. The van der Waals surface area contributed by atoms with E-state index in [0.29, 0.717) is 39.1 Å².